The van der Waals surface area contributed by atoms with E-state index in [0.717, 1.165) is 47.7 Å². The maximum atomic E-state index is 13.0. The minimum absolute atomic E-state index is 0.300. The summed E-state index contributed by atoms with van der Waals surface area (Å²) < 4.78 is 3.37. The van der Waals surface area contributed by atoms with Crippen LogP contribution in [0.5, 0.6) is 0 Å². The Balaban J connectivity index is 0.956. The second-order valence-electron chi connectivity index (χ2n) is 12.5. The number of benzene rings is 4. The normalized spacial score (nSPS) is 12.7. The van der Waals surface area contributed by atoms with Crippen molar-refractivity contribution in [2.45, 2.75) is 19.3 Å². The molecule has 1 aliphatic heterocycles. The van der Waals surface area contributed by atoms with Gasteiger partial charge in [-0.2, -0.15) is 0 Å². The summed E-state index contributed by atoms with van der Waals surface area (Å²) in [7, 11) is 0. The van der Waals surface area contributed by atoms with Gasteiger partial charge >= 0.3 is 6.03 Å². The SMILES string of the molecule is C=CC(=O)Nc1cccc(-n2cc(-c3cccc(NC(=O)Nc4cccc(-c5cn(-c6cccc(NCCCN7CCCC7)c6)nn5)c4)c3)nn2)c1. The third-order valence-electron chi connectivity index (χ3n) is 8.67. The first-order valence-electron chi connectivity index (χ1n) is 17.2. The Morgan fingerprint density at radius 3 is 1.77 bits per heavy atom. The van der Waals surface area contributed by atoms with Gasteiger partial charge in [0.15, 0.2) is 0 Å². The van der Waals surface area contributed by atoms with E-state index in [0.29, 0.717) is 28.5 Å². The van der Waals surface area contributed by atoms with E-state index in [2.05, 4.69) is 65.5 Å². The zero-order valence-electron chi connectivity index (χ0n) is 28.6. The number of carbonyl (C=O) groups is 2. The Hall–Kier alpha value is -6.60. The first kappa shape index (κ1) is 33.9. The van der Waals surface area contributed by atoms with Crippen LogP contribution in [-0.4, -0.2) is 73.0 Å². The third-order valence-corrected chi connectivity index (χ3v) is 8.67. The number of urea groups is 1. The standard InChI is InChI=1S/C39H39N11O2/c1-2-38(51)41-33-15-8-17-35(25-33)50-27-37(45-47-50)29-11-6-14-32(23-29)43-39(52)42-31-13-5-10-28(22-31)36-26-49(46-44-36)34-16-7-12-30(24-34)40-18-9-21-48-19-3-4-20-48/h2,5-8,10-17,22-27,40H,1,3-4,9,18-21H2,(H,41,51)(H2,42,43,52). The predicted molar refractivity (Wildman–Crippen MR) is 204 cm³/mol. The quantitative estimate of drug-likeness (QED) is 0.0759. The lowest BCUT2D eigenvalue weighted by molar-refractivity contribution is -0.111. The summed E-state index contributed by atoms with van der Waals surface area (Å²) in [6.45, 7) is 7.97. The Labute approximate surface area is 301 Å². The summed E-state index contributed by atoms with van der Waals surface area (Å²) in [5, 5.41) is 29.4. The number of anilines is 4. The molecule has 0 atom stereocenters. The topological polar surface area (TPSA) is 147 Å². The highest BCUT2D eigenvalue weighted by atomic mass is 16.2. The maximum Gasteiger partial charge on any atom is 0.323 e. The summed E-state index contributed by atoms with van der Waals surface area (Å²) >= 11 is 0. The maximum absolute atomic E-state index is 13.0. The van der Waals surface area contributed by atoms with Gasteiger partial charge < -0.3 is 26.2 Å². The zero-order valence-corrected chi connectivity index (χ0v) is 28.6. The Morgan fingerprint density at radius 1 is 0.673 bits per heavy atom. The molecular weight excluding hydrogens is 655 g/mol. The van der Waals surface area contributed by atoms with Gasteiger partial charge in [0, 0.05) is 40.4 Å². The molecule has 0 bridgehead atoms. The number of amides is 3. The third kappa shape index (κ3) is 8.57. The molecule has 4 N–H and O–H groups in total. The van der Waals surface area contributed by atoms with E-state index in [-0.39, 0.29) is 5.91 Å². The molecule has 13 heteroatoms. The van der Waals surface area contributed by atoms with Crippen molar-refractivity contribution in [1.29, 1.82) is 0 Å². The monoisotopic (exact) mass is 693 g/mol. The van der Waals surface area contributed by atoms with Crippen LogP contribution in [0.4, 0.5) is 27.5 Å². The van der Waals surface area contributed by atoms with Gasteiger partial charge in [0.2, 0.25) is 5.91 Å². The minimum atomic E-state index is -0.398. The molecule has 4 aromatic carbocycles. The van der Waals surface area contributed by atoms with Gasteiger partial charge in [-0.15, -0.1) is 10.2 Å². The molecule has 0 aliphatic carbocycles. The summed E-state index contributed by atoms with van der Waals surface area (Å²) in [4.78, 5) is 27.3. The lowest BCUT2D eigenvalue weighted by Gasteiger charge is -2.14. The average Bonchev–Trinajstić information content (AvgIpc) is 3.97. The molecule has 1 fully saturated rings. The number of rotatable bonds is 13. The van der Waals surface area contributed by atoms with Gasteiger partial charge in [0.05, 0.1) is 23.8 Å². The van der Waals surface area contributed by atoms with Gasteiger partial charge in [0.25, 0.3) is 0 Å². The number of carbonyl (C=O) groups excluding carboxylic acids is 2. The Morgan fingerprint density at radius 2 is 1.19 bits per heavy atom. The van der Waals surface area contributed by atoms with Crippen LogP contribution in [0.1, 0.15) is 19.3 Å². The van der Waals surface area contributed by atoms with E-state index in [4.69, 9.17) is 0 Å². The van der Waals surface area contributed by atoms with Crippen LogP contribution in [-0.2, 0) is 4.79 Å². The van der Waals surface area contributed by atoms with Crippen LogP contribution < -0.4 is 21.3 Å². The Kier molecular flexibility index (Phi) is 10.4. The summed E-state index contributed by atoms with van der Waals surface area (Å²) in [5.74, 6) is -0.300. The summed E-state index contributed by atoms with van der Waals surface area (Å²) in [6.07, 6.45) is 8.60. The second kappa shape index (κ2) is 16.0. The first-order chi connectivity index (χ1) is 25.5. The highest BCUT2D eigenvalue weighted by Crippen LogP contribution is 2.25. The number of likely N-dealkylation sites (tertiary alicyclic amines) is 1. The predicted octanol–water partition coefficient (Wildman–Crippen LogP) is 6.85. The summed E-state index contributed by atoms with van der Waals surface area (Å²) in [6, 6.07) is 29.8. The molecule has 6 aromatic rings. The van der Waals surface area contributed by atoms with E-state index in [1.165, 1.54) is 32.0 Å². The largest absolute Gasteiger partial charge is 0.385 e. The highest BCUT2D eigenvalue weighted by molar-refractivity contribution is 6.00. The molecule has 0 radical (unpaired) electrons. The van der Waals surface area contributed by atoms with Crippen molar-refractivity contribution in [2.75, 3.05) is 47.4 Å². The molecule has 13 nitrogen and oxygen atoms in total. The number of nitrogens with zero attached hydrogens (tertiary/aromatic N) is 7. The molecule has 262 valence electrons. The fraction of sp³-hybridized carbons (Fsp3) is 0.179. The van der Waals surface area contributed by atoms with Gasteiger partial charge in [-0.3, -0.25) is 4.79 Å². The number of hydrogen-bond donors (Lipinski definition) is 4. The molecule has 0 spiro atoms. The Bertz CT molecular complexity index is 2180. The molecule has 1 saturated heterocycles. The fourth-order valence-electron chi connectivity index (χ4n) is 6.07. The van der Waals surface area contributed by atoms with E-state index in [1.807, 2.05) is 72.9 Å². The van der Waals surface area contributed by atoms with E-state index in [9.17, 15) is 9.59 Å². The molecule has 7 rings (SSSR count). The van der Waals surface area contributed by atoms with Crippen molar-refractivity contribution in [3.8, 4) is 33.9 Å². The minimum Gasteiger partial charge on any atom is -0.385 e. The van der Waals surface area contributed by atoms with Gasteiger partial charge in [-0.25, -0.2) is 14.2 Å². The van der Waals surface area contributed by atoms with E-state index >= 15 is 0 Å². The molecular formula is C39H39N11O2. The summed E-state index contributed by atoms with van der Waals surface area (Å²) in [5.41, 5.74) is 7.36. The smallest absolute Gasteiger partial charge is 0.323 e. The molecule has 1 aliphatic rings. The molecule has 2 aromatic heterocycles. The molecule has 3 heterocycles. The lowest BCUT2D eigenvalue weighted by Crippen LogP contribution is -2.22. The van der Waals surface area contributed by atoms with Gasteiger partial charge in [-0.1, -0.05) is 53.4 Å². The highest BCUT2D eigenvalue weighted by Gasteiger charge is 2.12. The van der Waals surface area contributed by atoms with Crippen molar-refractivity contribution in [3.63, 3.8) is 0 Å². The average molecular weight is 694 g/mol. The van der Waals surface area contributed by atoms with Crippen LogP contribution >= 0.6 is 0 Å². The van der Waals surface area contributed by atoms with Crippen molar-refractivity contribution < 1.29 is 9.59 Å². The van der Waals surface area contributed by atoms with E-state index in [1.54, 1.807) is 33.8 Å². The van der Waals surface area contributed by atoms with Gasteiger partial charge in [-0.05, 0) is 106 Å². The fourth-order valence-corrected chi connectivity index (χ4v) is 6.07. The van der Waals surface area contributed by atoms with Crippen LogP contribution in [0.2, 0.25) is 0 Å². The number of nitrogens with one attached hydrogen (secondary N) is 4. The lowest BCUT2D eigenvalue weighted by atomic mass is 10.1. The van der Waals surface area contributed by atoms with Crippen molar-refractivity contribution in [1.82, 2.24) is 34.9 Å². The van der Waals surface area contributed by atoms with Crippen LogP contribution in [0.3, 0.4) is 0 Å². The molecule has 0 saturated carbocycles. The van der Waals surface area contributed by atoms with Crippen LogP contribution in [0.15, 0.2) is 122 Å². The van der Waals surface area contributed by atoms with Crippen molar-refractivity contribution in [3.05, 3.63) is 122 Å². The van der Waals surface area contributed by atoms with E-state index < -0.39 is 6.03 Å². The molecule has 52 heavy (non-hydrogen) atoms. The van der Waals surface area contributed by atoms with Crippen molar-refractivity contribution in [2.24, 2.45) is 0 Å². The second-order valence-corrected chi connectivity index (χ2v) is 12.5. The first-order valence-corrected chi connectivity index (χ1v) is 17.2. The number of hydrogen-bond acceptors (Lipinski definition) is 8. The molecule has 0 unspecified atom stereocenters. The van der Waals surface area contributed by atoms with Crippen molar-refractivity contribution >= 4 is 34.7 Å². The number of aromatic nitrogens is 6. The van der Waals surface area contributed by atoms with Gasteiger partial charge in [0.1, 0.15) is 11.4 Å². The van der Waals surface area contributed by atoms with Crippen LogP contribution in [0, 0.1) is 0 Å². The zero-order chi connectivity index (χ0) is 35.7. The molecule has 3 amide bonds. The van der Waals surface area contributed by atoms with Crippen LogP contribution in [0.25, 0.3) is 33.9 Å².